The van der Waals surface area contributed by atoms with E-state index >= 15 is 0 Å². The SMILES string of the molecule is C[C@@H]1O[C@@H](O[C@H]2[C@@H](OCc3ccccc3)[C@@H](COCc3ccccc3)O[C@@H](O[C@H]3[C@H](OCc4ccccc4)[C@@H](OCc4ccccc4)[C@@H](OCCCCCCCCO)O[C@@H]3COCc3ccccc3)[C@@H]2OCc2ccccc2)[C@@H](OCc2ccccc2)[C@H](O)[C@@H]1O. The predicted molar refractivity (Wildman–Crippen MR) is 341 cm³/mol. The summed E-state index contributed by atoms with van der Waals surface area (Å²) < 4.78 is 91.8. The van der Waals surface area contributed by atoms with Gasteiger partial charge in [-0.2, -0.15) is 0 Å². The van der Waals surface area contributed by atoms with Crippen LogP contribution in [0, 0.1) is 0 Å². The summed E-state index contributed by atoms with van der Waals surface area (Å²) in [5, 5.41) is 32.9. The van der Waals surface area contributed by atoms with Crippen LogP contribution in [0.1, 0.15) is 84.4 Å². The van der Waals surface area contributed by atoms with Gasteiger partial charge in [-0.05, 0) is 58.7 Å². The first-order valence-electron chi connectivity index (χ1n) is 32.2. The van der Waals surface area contributed by atoms with Crippen molar-refractivity contribution in [2.45, 2.75) is 184 Å². The van der Waals surface area contributed by atoms with Gasteiger partial charge < -0.3 is 76.9 Å². The van der Waals surface area contributed by atoms with Gasteiger partial charge >= 0.3 is 0 Å². The fraction of sp³-hybridized carbons (Fsp3) is 0.440. The summed E-state index contributed by atoms with van der Waals surface area (Å²) in [4.78, 5) is 0. The van der Waals surface area contributed by atoms with Crippen molar-refractivity contribution in [3.63, 3.8) is 0 Å². The second kappa shape index (κ2) is 37.0. The lowest BCUT2D eigenvalue weighted by molar-refractivity contribution is -0.393. The van der Waals surface area contributed by atoms with Crippen molar-refractivity contribution >= 4 is 0 Å². The number of ether oxygens (including phenoxy) is 13. The lowest BCUT2D eigenvalue weighted by Crippen LogP contribution is -2.68. The molecule has 0 unspecified atom stereocenters. The van der Waals surface area contributed by atoms with Gasteiger partial charge in [0.05, 0.1) is 65.6 Å². The second-order valence-corrected chi connectivity index (χ2v) is 23.5. The number of aliphatic hydroxyl groups excluding tert-OH is 3. The van der Waals surface area contributed by atoms with Crippen molar-refractivity contribution in [3.05, 3.63) is 251 Å². The van der Waals surface area contributed by atoms with Crippen molar-refractivity contribution in [2.24, 2.45) is 0 Å². The van der Waals surface area contributed by atoms with Gasteiger partial charge in [-0.15, -0.1) is 0 Å². The van der Waals surface area contributed by atoms with E-state index in [0.29, 0.717) is 6.61 Å². The van der Waals surface area contributed by atoms with Crippen LogP contribution in [-0.2, 0) is 108 Å². The minimum Gasteiger partial charge on any atom is -0.396 e. The smallest absolute Gasteiger partial charge is 0.187 e. The van der Waals surface area contributed by atoms with Crippen LogP contribution < -0.4 is 0 Å². The minimum atomic E-state index is -1.43. The average Bonchev–Trinajstić information content (AvgIpc) is 1.01. The van der Waals surface area contributed by atoms with Crippen molar-refractivity contribution in [1.29, 1.82) is 0 Å². The maximum absolute atomic E-state index is 12.0. The van der Waals surface area contributed by atoms with E-state index in [2.05, 4.69) is 0 Å². The molecule has 3 aliphatic rings. The van der Waals surface area contributed by atoms with Gasteiger partial charge in [-0.25, -0.2) is 0 Å². The average molecular weight is 1250 g/mol. The van der Waals surface area contributed by atoms with E-state index in [1.165, 1.54) is 0 Å². The third kappa shape index (κ3) is 20.7. The first-order chi connectivity index (χ1) is 44.9. The third-order valence-electron chi connectivity index (χ3n) is 16.6. The highest BCUT2D eigenvalue weighted by molar-refractivity contribution is 5.19. The molecule has 7 aromatic rings. The first kappa shape index (κ1) is 67.8. The van der Waals surface area contributed by atoms with Crippen molar-refractivity contribution in [1.82, 2.24) is 0 Å². The van der Waals surface area contributed by atoms with E-state index in [-0.39, 0.29) is 66.1 Å². The quantitative estimate of drug-likeness (QED) is 0.0315. The lowest BCUT2D eigenvalue weighted by Gasteiger charge is -2.51. The second-order valence-electron chi connectivity index (χ2n) is 23.5. The third-order valence-corrected chi connectivity index (χ3v) is 16.6. The van der Waals surface area contributed by atoms with Crippen LogP contribution >= 0.6 is 0 Å². The molecule has 0 aromatic heterocycles. The maximum atomic E-state index is 12.0. The highest BCUT2D eigenvalue weighted by Crippen LogP contribution is 2.39. The highest BCUT2D eigenvalue weighted by atomic mass is 16.8. The molecule has 0 spiro atoms. The van der Waals surface area contributed by atoms with E-state index in [9.17, 15) is 15.3 Å². The largest absolute Gasteiger partial charge is 0.396 e. The Bertz CT molecular complexity index is 3030. The number of unbranched alkanes of at least 4 members (excludes halogenated alkanes) is 5. The Kier molecular flexibility index (Phi) is 27.5. The van der Waals surface area contributed by atoms with Crippen LogP contribution in [0.5, 0.6) is 0 Å². The molecule has 3 aliphatic heterocycles. The zero-order valence-electron chi connectivity index (χ0n) is 52.0. The maximum Gasteiger partial charge on any atom is 0.187 e. The van der Waals surface area contributed by atoms with Gasteiger partial charge in [0.15, 0.2) is 18.9 Å². The van der Waals surface area contributed by atoms with Gasteiger partial charge in [0, 0.05) is 13.2 Å². The van der Waals surface area contributed by atoms with E-state index in [1.807, 2.05) is 212 Å². The van der Waals surface area contributed by atoms with Gasteiger partial charge in [0.2, 0.25) is 0 Å². The van der Waals surface area contributed by atoms with Gasteiger partial charge in [-0.3, -0.25) is 0 Å². The topological polar surface area (TPSA) is 181 Å². The first-order valence-corrected chi connectivity index (χ1v) is 32.2. The molecule has 3 heterocycles. The zero-order valence-corrected chi connectivity index (χ0v) is 52.0. The summed E-state index contributed by atoms with van der Waals surface area (Å²) in [7, 11) is 0. The molecule has 7 aromatic carbocycles. The molecule has 3 N–H and O–H groups in total. The molecule has 10 rings (SSSR count). The van der Waals surface area contributed by atoms with Crippen molar-refractivity contribution < 1.29 is 76.9 Å². The Morgan fingerprint density at radius 2 is 0.637 bits per heavy atom. The number of rotatable bonds is 36. The number of hydrogen-bond donors (Lipinski definition) is 3. The Labute approximate surface area is 536 Å². The highest BCUT2D eigenvalue weighted by Gasteiger charge is 2.56. The molecule has 15 atom stereocenters. The van der Waals surface area contributed by atoms with E-state index in [1.54, 1.807) is 6.92 Å². The summed E-state index contributed by atoms with van der Waals surface area (Å²) in [5.41, 5.74) is 6.37. The van der Waals surface area contributed by atoms with Gasteiger partial charge in [-0.1, -0.05) is 238 Å². The molecule has 3 saturated heterocycles. The Balaban J connectivity index is 1.07. The molecule has 0 radical (unpaired) electrons. The van der Waals surface area contributed by atoms with E-state index in [0.717, 1.165) is 77.5 Å². The fourth-order valence-corrected chi connectivity index (χ4v) is 11.6. The number of aliphatic hydroxyl groups is 3. The van der Waals surface area contributed by atoms with E-state index < -0.39 is 92.1 Å². The van der Waals surface area contributed by atoms with Crippen LogP contribution in [-0.4, -0.2) is 134 Å². The summed E-state index contributed by atoms with van der Waals surface area (Å²) >= 11 is 0. The van der Waals surface area contributed by atoms with Crippen LogP contribution in [0.25, 0.3) is 0 Å². The molecule has 0 amide bonds. The van der Waals surface area contributed by atoms with Crippen molar-refractivity contribution in [3.8, 4) is 0 Å². The summed E-state index contributed by atoms with van der Waals surface area (Å²) in [6.07, 6.45) is -10.8. The Morgan fingerprint density at radius 1 is 0.308 bits per heavy atom. The summed E-state index contributed by atoms with van der Waals surface area (Å²) in [6.45, 7) is 3.45. The van der Waals surface area contributed by atoms with Crippen molar-refractivity contribution in [2.75, 3.05) is 26.4 Å². The van der Waals surface area contributed by atoms with Gasteiger partial charge in [0.25, 0.3) is 0 Å². The zero-order chi connectivity index (χ0) is 62.7. The molecule has 16 nitrogen and oxygen atoms in total. The Morgan fingerprint density at radius 3 is 1.08 bits per heavy atom. The molecule has 16 heteroatoms. The number of hydrogen-bond acceptors (Lipinski definition) is 16. The normalized spacial score (nSPS) is 26.7. The molecule has 0 aliphatic carbocycles. The van der Waals surface area contributed by atoms with Crippen LogP contribution in [0.3, 0.4) is 0 Å². The fourth-order valence-electron chi connectivity index (χ4n) is 11.6. The summed E-state index contributed by atoms with van der Waals surface area (Å²) in [6, 6.07) is 69.0. The molecule has 91 heavy (non-hydrogen) atoms. The van der Waals surface area contributed by atoms with Crippen LogP contribution in [0.2, 0.25) is 0 Å². The lowest BCUT2D eigenvalue weighted by atomic mass is 9.95. The molecule has 3 fully saturated rings. The molecular weight excluding hydrogens is 1160 g/mol. The van der Waals surface area contributed by atoms with Crippen LogP contribution in [0.4, 0.5) is 0 Å². The summed E-state index contributed by atoms with van der Waals surface area (Å²) in [5.74, 6) is 0. The minimum absolute atomic E-state index is 0.00441. The Hall–Kier alpha value is -6.10. The standard InChI is InChI=1S/C75H90O16/c1-54-64(77)65(78)68(83-48-58-35-19-9-20-36-58)74(87-54)91-70-66(82-47-57-33-17-8-18-34-57)62(52-79-45-55-29-13-6-14-30-55)89-75(72(70)86-51-61-41-25-12-26-42-61)90-67-63(53-80-46-56-31-15-7-16-32-56)88-73(81-44-28-5-3-2-4-27-43-76)71(85-50-60-39-23-11-24-40-60)69(67)84-49-59-37-21-10-22-38-59/h6-26,29-42,54,62-78H,2-5,27-28,43-53H2,1H3/t54-,62+,63+,64+,65+,66-,67+,68-,69-,70-,71+,72+,73-,74-,75-/m0/s1. The molecular formula is C75H90O16. The molecule has 0 saturated carbocycles. The van der Waals surface area contributed by atoms with E-state index in [4.69, 9.17) is 61.6 Å². The monoisotopic (exact) mass is 1250 g/mol. The van der Waals surface area contributed by atoms with Gasteiger partial charge in [0.1, 0.15) is 67.1 Å². The van der Waals surface area contributed by atoms with Crippen LogP contribution in [0.15, 0.2) is 212 Å². The number of benzene rings is 7. The molecule has 486 valence electrons. The predicted octanol–water partition coefficient (Wildman–Crippen LogP) is 11.4. The molecule has 0 bridgehead atoms.